The number of amides is 2. The Morgan fingerprint density at radius 2 is 1.40 bits per heavy atom. The normalized spacial score (nSPS) is 11.0. The van der Waals surface area contributed by atoms with Gasteiger partial charge in [0, 0.05) is 24.8 Å². The Kier molecular flexibility index (Phi) is 10.5. The number of benzene rings is 3. The van der Waals surface area contributed by atoms with Crippen molar-refractivity contribution in [3.05, 3.63) is 114 Å². The highest BCUT2D eigenvalue weighted by molar-refractivity contribution is 5.77. The molecule has 0 radical (unpaired) electrons. The molecule has 1 aromatic heterocycles. The fourth-order valence-corrected chi connectivity index (χ4v) is 4.15. The van der Waals surface area contributed by atoms with E-state index in [0.29, 0.717) is 31.1 Å². The minimum Gasteiger partial charge on any atom is -0.484 e. The minimum atomic E-state index is -0.546. The van der Waals surface area contributed by atoms with Gasteiger partial charge in [0.1, 0.15) is 11.4 Å². The number of nitrogens with one attached hydrogen (secondary N) is 2. The summed E-state index contributed by atoms with van der Waals surface area (Å²) in [5.41, 5.74) is 3.27. The molecule has 0 bridgehead atoms. The Bertz CT molecular complexity index is 1380. The van der Waals surface area contributed by atoms with Crippen LogP contribution in [0.3, 0.4) is 0 Å². The van der Waals surface area contributed by atoms with E-state index in [2.05, 4.69) is 15.6 Å². The summed E-state index contributed by atoms with van der Waals surface area (Å²) < 4.78 is 17.4. The summed E-state index contributed by atoms with van der Waals surface area (Å²) in [5.74, 6) is 0.842. The highest BCUT2D eigenvalue weighted by atomic mass is 16.6. The van der Waals surface area contributed by atoms with Crippen molar-refractivity contribution in [1.29, 1.82) is 0 Å². The maximum atomic E-state index is 12.2. The Labute approximate surface area is 247 Å². The smallest absolute Gasteiger partial charge is 0.407 e. The highest BCUT2D eigenvalue weighted by Gasteiger charge is 2.19. The molecule has 0 unspecified atom stereocenters. The van der Waals surface area contributed by atoms with Crippen LogP contribution in [0.5, 0.6) is 11.6 Å². The van der Waals surface area contributed by atoms with E-state index < -0.39 is 11.7 Å². The van der Waals surface area contributed by atoms with Crippen molar-refractivity contribution in [2.75, 3.05) is 19.7 Å². The summed E-state index contributed by atoms with van der Waals surface area (Å²) in [6, 6.07) is 31.4. The molecule has 0 aliphatic carbocycles. The lowest BCUT2D eigenvalue weighted by molar-refractivity contribution is -0.123. The molecule has 8 nitrogen and oxygen atoms in total. The maximum Gasteiger partial charge on any atom is 0.407 e. The molecular weight excluding hydrogens is 530 g/mol. The van der Waals surface area contributed by atoms with E-state index in [1.54, 1.807) is 27.0 Å². The highest BCUT2D eigenvalue weighted by Crippen LogP contribution is 2.34. The molecule has 2 N–H and O–H groups in total. The van der Waals surface area contributed by atoms with Gasteiger partial charge in [0.05, 0.1) is 0 Å². The number of hydrogen-bond acceptors (Lipinski definition) is 6. The Balaban J connectivity index is 1.31. The fraction of sp³-hybridized carbons (Fsp3) is 0.265. The van der Waals surface area contributed by atoms with E-state index in [1.807, 2.05) is 97.1 Å². The summed E-state index contributed by atoms with van der Waals surface area (Å²) in [6.45, 7) is 6.11. The fourth-order valence-electron chi connectivity index (χ4n) is 4.15. The topological polar surface area (TPSA) is 98.8 Å². The van der Waals surface area contributed by atoms with Gasteiger partial charge in [-0.15, -0.1) is 0 Å². The number of rotatable bonds is 12. The van der Waals surface area contributed by atoms with Crippen LogP contribution in [0.15, 0.2) is 103 Å². The monoisotopic (exact) mass is 567 g/mol. The van der Waals surface area contributed by atoms with Gasteiger partial charge in [0.25, 0.3) is 5.91 Å². The standard InChI is InChI=1S/C34H37N3O5/c1-34(2,3)42-33(39)37-23-11-22-35-30(38)24-40-28-19-17-25(18-20-28)29-16-10-21-36-32(29)41-31(26-12-6-4-7-13-26)27-14-8-5-9-15-27/h4-10,12-21,31H,11,22-24H2,1-3H3,(H,35,38)(H,37,39). The predicted molar refractivity (Wildman–Crippen MR) is 162 cm³/mol. The van der Waals surface area contributed by atoms with Crippen molar-refractivity contribution in [3.8, 4) is 22.8 Å². The average molecular weight is 568 g/mol. The third kappa shape index (κ3) is 9.37. The predicted octanol–water partition coefficient (Wildman–Crippen LogP) is 6.33. The molecule has 0 spiro atoms. The summed E-state index contributed by atoms with van der Waals surface area (Å²) in [6.07, 6.45) is 1.49. The van der Waals surface area contributed by atoms with Gasteiger partial charge in [0.15, 0.2) is 12.7 Å². The van der Waals surface area contributed by atoms with Crippen molar-refractivity contribution >= 4 is 12.0 Å². The van der Waals surface area contributed by atoms with Crippen LogP contribution < -0.4 is 20.1 Å². The maximum absolute atomic E-state index is 12.2. The van der Waals surface area contributed by atoms with E-state index in [-0.39, 0.29) is 18.6 Å². The summed E-state index contributed by atoms with van der Waals surface area (Å²) in [5, 5.41) is 5.45. The summed E-state index contributed by atoms with van der Waals surface area (Å²) >= 11 is 0. The van der Waals surface area contributed by atoms with Gasteiger partial charge >= 0.3 is 6.09 Å². The molecule has 0 saturated heterocycles. The van der Waals surface area contributed by atoms with Gasteiger partial charge in [-0.2, -0.15) is 0 Å². The third-order valence-corrected chi connectivity index (χ3v) is 6.08. The lowest BCUT2D eigenvalue weighted by Crippen LogP contribution is -2.35. The van der Waals surface area contributed by atoms with Crippen LogP contribution >= 0.6 is 0 Å². The first-order valence-electron chi connectivity index (χ1n) is 14.0. The first kappa shape index (κ1) is 30.1. The lowest BCUT2D eigenvalue weighted by Gasteiger charge is -2.21. The summed E-state index contributed by atoms with van der Waals surface area (Å²) in [4.78, 5) is 28.4. The van der Waals surface area contributed by atoms with Crippen molar-refractivity contribution in [2.24, 2.45) is 0 Å². The van der Waals surface area contributed by atoms with Gasteiger partial charge in [-0.1, -0.05) is 72.8 Å². The molecule has 2 amide bonds. The van der Waals surface area contributed by atoms with Gasteiger partial charge < -0.3 is 24.8 Å². The second-order valence-corrected chi connectivity index (χ2v) is 10.6. The second kappa shape index (κ2) is 14.7. The second-order valence-electron chi connectivity index (χ2n) is 10.6. The molecule has 218 valence electrons. The van der Waals surface area contributed by atoms with E-state index in [9.17, 15) is 9.59 Å². The van der Waals surface area contributed by atoms with Crippen LogP contribution in [0.2, 0.25) is 0 Å². The quantitative estimate of drug-likeness (QED) is 0.194. The molecule has 0 aliphatic rings. The number of pyridine rings is 1. The first-order valence-corrected chi connectivity index (χ1v) is 14.0. The zero-order valence-electron chi connectivity index (χ0n) is 24.2. The molecular formula is C34H37N3O5. The Morgan fingerprint density at radius 1 is 0.786 bits per heavy atom. The Morgan fingerprint density at radius 3 is 2.02 bits per heavy atom. The van der Waals surface area contributed by atoms with Crippen LogP contribution in [-0.2, 0) is 9.53 Å². The van der Waals surface area contributed by atoms with Crippen molar-refractivity contribution in [2.45, 2.75) is 38.9 Å². The zero-order chi connectivity index (χ0) is 29.8. The minimum absolute atomic E-state index is 0.115. The number of carbonyl (C=O) groups is 2. The van der Waals surface area contributed by atoms with Crippen molar-refractivity contribution in [1.82, 2.24) is 15.6 Å². The van der Waals surface area contributed by atoms with Crippen molar-refractivity contribution in [3.63, 3.8) is 0 Å². The lowest BCUT2D eigenvalue weighted by atomic mass is 10.0. The Hall–Kier alpha value is -4.85. The van der Waals surface area contributed by atoms with Gasteiger partial charge in [0.2, 0.25) is 5.88 Å². The number of ether oxygens (including phenoxy) is 3. The molecule has 4 rings (SSSR count). The number of aromatic nitrogens is 1. The molecule has 0 aliphatic heterocycles. The molecule has 3 aromatic carbocycles. The van der Waals surface area contributed by atoms with Crippen molar-refractivity contribution < 1.29 is 23.8 Å². The van der Waals surface area contributed by atoms with Gasteiger partial charge in [-0.25, -0.2) is 9.78 Å². The van der Waals surface area contributed by atoms with E-state index in [1.165, 1.54) is 0 Å². The number of alkyl carbamates (subject to hydrolysis) is 1. The third-order valence-electron chi connectivity index (χ3n) is 6.08. The van der Waals surface area contributed by atoms with Crippen LogP contribution in [0, 0.1) is 0 Å². The van der Waals surface area contributed by atoms with E-state index >= 15 is 0 Å². The van der Waals surface area contributed by atoms with Gasteiger partial charge in [-0.05, 0) is 68.1 Å². The van der Waals surface area contributed by atoms with Crippen LogP contribution in [0.25, 0.3) is 11.1 Å². The molecule has 42 heavy (non-hydrogen) atoms. The molecule has 0 fully saturated rings. The van der Waals surface area contributed by atoms with Gasteiger partial charge in [-0.3, -0.25) is 4.79 Å². The van der Waals surface area contributed by atoms with Crippen LogP contribution in [0.4, 0.5) is 4.79 Å². The van der Waals surface area contributed by atoms with Crippen LogP contribution in [0.1, 0.15) is 44.4 Å². The summed E-state index contributed by atoms with van der Waals surface area (Å²) in [7, 11) is 0. The molecule has 0 saturated carbocycles. The number of nitrogens with zero attached hydrogens (tertiary/aromatic N) is 1. The van der Waals surface area contributed by atoms with Crippen LogP contribution in [-0.4, -0.2) is 42.3 Å². The molecule has 0 atom stereocenters. The first-order chi connectivity index (χ1) is 20.3. The SMILES string of the molecule is CC(C)(C)OC(=O)NCCCNC(=O)COc1ccc(-c2cccnc2OC(c2ccccc2)c2ccccc2)cc1. The zero-order valence-corrected chi connectivity index (χ0v) is 24.2. The van der Waals surface area contributed by atoms with E-state index in [4.69, 9.17) is 14.2 Å². The number of hydrogen-bond donors (Lipinski definition) is 2. The van der Waals surface area contributed by atoms with E-state index in [0.717, 1.165) is 22.3 Å². The molecule has 8 heteroatoms. The number of carbonyl (C=O) groups excluding carboxylic acids is 2. The molecule has 4 aromatic rings. The molecule has 1 heterocycles. The average Bonchev–Trinajstić information content (AvgIpc) is 2.99. The largest absolute Gasteiger partial charge is 0.484 e.